The molecule has 2 rings (SSSR count). The van der Waals surface area contributed by atoms with E-state index in [-0.39, 0.29) is 23.8 Å². The van der Waals surface area contributed by atoms with E-state index in [9.17, 15) is 9.59 Å². The average molecular weight is 289 g/mol. The maximum atomic E-state index is 11.8. The van der Waals surface area contributed by atoms with Crippen LogP contribution in [0.5, 0.6) is 0 Å². The van der Waals surface area contributed by atoms with Crippen molar-refractivity contribution >= 4 is 17.5 Å². The van der Waals surface area contributed by atoms with Crippen molar-refractivity contribution in [2.75, 3.05) is 18.9 Å². The average Bonchev–Trinajstić information content (AvgIpc) is 3.31. The van der Waals surface area contributed by atoms with Crippen molar-refractivity contribution < 1.29 is 9.59 Å². The van der Waals surface area contributed by atoms with E-state index in [1.807, 2.05) is 38.2 Å². The molecule has 21 heavy (non-hydrogen) atoms. The van der Waals surface area contributed by atoms with Gasteiger partial charge in [-0.25, -0.2) is 0 Å². The Balaban J connectivity index is 1.78. The summed E-state index contributed by atoms with van der Waals surface area (Å²) < 4.78 is 0. The third-order valence-corrected chi connectivity index (χ3v) is 3.63. The number of hydrogen-bond acceptors (Lipinski definition) is 3. The summed E-state index contributed by atoms with van der Waals surface area (Å²) in [5, 5.41) is 8.83. The van der Waals surface area contributed by atoms with Gasteiger partial charge >= 0.3 is 0 Å². The van der Waals surface area contributed by atoms with Gasteiger partial charge in [0.2, 0.25) is 11.8 Å². The number of rotatable bonds is 7. The number of likely N-dealkylation sites (N-methyl/N-ethyl adjacent to an activating group) is 1. The maximum absolute atomic E-state index is 11.8. The van der Waals surface area contributed by atoms with Gasteiger partial charge in [0.1, 0.15) is 0 Å². The van der Waals surface area contributed by atoms with Crippen LogP contribution in [0.15, 0.2) is 24.3 Å². The van der Waals surface area contributed by atoms with Crippen molar-refractivity contribution in [2.45, 2.75) is 32.2 Å². The lowest BCUT2D eigenvalue weighted by atomic mass is 10.1. The molecule has 1 fully saturated rings. The fourth-order valence-electron chi connectivity index (χ4n) is 1.91. The summed E-state index contributed by atoms with van der Waals surface area (Å²) >= 11 is 0. The Labute approximate surface area is 125 Å². The lowest BCUT2D eigenvalue weighted by Gasteiger charge is -2.11. The fourth-order valence-corrected chi connectivity index (χ4v) is 1.91. The third kappa shape index (κ3) is 5.19. The van der Waals surface area contributed by atoms with E-state index >= 15 is 0 Å². The SMILES string of the molecule is CNC(C)CNC(=O)Cc1ccc(NC(=O)C2CC2)cc1. The normalized spacial score (nSPS) is 15.3. The lowest BCUT2D eigenvalue weighted by Crippen LogP contribution is -2.37. The minimum absolute atomic E-state index is 0.00636. The molecule has 0 aliphatic heterocycles. The second-order valence-electron chi connectivity index (χ2n) is 5.63. The van der Waals surface area contributed by atoms with Gasteiger partial charge in [-0.3, -0.25) is 9.59 Å². The first kappa shape index (κ1) is 15.5. The zero-order valence-corrected chi connectivity index (χ0v) is 12.6. The molecule has 1 aromatic rings. The van der Waals surface area contributed by atoms with Crippen molar-refractivity contribution in [2.24, 2.45) is 5.92 Å². The molecule has 1 aliphatic rings. The Morgan fingerprint density at radius 2 is 1.90 bits per heavy atom. The van der Waals surface area contributed by atoms with Crippen LogP contribution < -0.4 is 16.0 Å². The van der Waals surface area contributed by atoms with Gasteiger partial charge in [-0.05, 0) is 44.5 Å². The first-order valence-electron chi connectivity index (χ1n) is 7.42. The summed E-state index contributed by atoms with van der Waals surface area (Å²) in [6.07, 6.45) is 2.34. The van der Waals surface area contributed by atoms with Gasteiger partial charge in [0.25, 0.3) is 0 Å². The number of hydrogen-bond donors (Lipinski definition) is 3. The van der Waals surface area contributed by atoms with E-state index in [4.69, 9.17) is 0 Å². The first-order chi connectivity index (χ1) is 10.1. The van der Waals surface area contributed by atoms with E-state index in [2.05, 4.69) is 16.0 Å². The molecular weight excluding hydrogens is 266 g/mol. The fraction of sp³-hybridized carbons (Fsp3) is 0.500. The highest BCUT2D eigenvalue weighted by molar-refractivity contribution is 5.94. The standard InChI is InChI=1S/C16H23N3O2/c1-11(17-2)10-18-15(20)9-12-3-7-14(8-4-12)19-16(21)13-5-6-13/h3-4,7-8,11,13,17H,5-6,9-10H2,1-2H3,(H,18,20)(H,19,21). The Hall–Kier alpha value is -1.88. The van der Waals surface area contributed by atoms with Crippen LogP contribution in [0.25, 0.3) is 0 Å². The molecule has 1 atom stereocenters. The maximum Gasteiger partial charge on any atom is 0.227 e. The van der Waals surface area contributed by atoms with E-state index in [1.165, 1.54) is 0 Å². The smallest absolute Gasteiger partial charge is 0.227 e. The summed E-state index contributed by atoms with van der Waals surface area (Å²) in [6.45, 7) is 2.63. The minimum atomic E-state index is 0.00636. The van der Waals surface area contributed by atoms with Gasteiger partial charge in [0.15, 0.2) is 0 Å². The number of carbonyl (C=O) groups is 2. The van der Waals surface area contributed by atoms with Crippen LogP contribution in [-0.4, -0.2) is 31.4 Å². The molecule has 1 aromatic carbocycles. The van der Waals surface area contributed by atoms with Crippen LogP contribution in [-0.2, 0) is 16.0 Å². The van der Waals surface area contributed by atoms with Crippen molar-refractivity contribution in [3.8, 4) is 0 Å². The Kier molecular flexibility index (Phi) is 5.33. The quantitative estimate of drug-likeness (QED) is 0.708. The molecule has 0 spiro atoms. The number of anilines is 1. The molecule has 0 aromatic heterocycles. The monoisotopic (exact) mass is 289 g/mol. The van der Waals surface area contributed by atoms with E-state index in [0.29, 0.717) is 13.0 Å². The zero-order valence-electron chi connectivity index (χ0n) is 12.6. The molecule has 5 nitrogen and oxygen atoms in total. The Bertz CT molecular complexity index is 495. The Morgan fingerprint density at radius 1 is 1.24 bits per heavy atom. The number of amides is 2. The molecule has 5 heteroatoms. The van der Waals surface area contributed by atoms with Crippen LogP contribution in [0, 0.1) is 5.92 Å². The van der Waals surface area contributed by atoms with Crippen molar-refractivity contribution in [1.82, 2.24) is 10.6 Å². The summed E-state index contributed by atoms with van der Waals surface area (Å²) in [5.41, 5.74) is 1.73. The summed E-state index contributed by atoms with van der Waals surface area (Å²) in [7, 11) is 1.87. The van der Waals surface area contributed by atoms with Gasteiger partial charge in [0.05, 0.1) is 6.42 Å². The second-order valence-corrected chi connectivity index (χ2v) is 5.63. The van der Waals surface area contributed by atoms with Crippen molar-refractivity contribution in [3.05, 3.63) is 29.8 Å². The number of benzene rings is 1. The van der Waals surface area contributed by atoms with Gasteiger partial charge < -0.3 is 16.0 Å². The molecule has 0 saturated heterocycles. The topological polar surface area (TPSA) is 70.2 Å². The molecule has 1 unspecified atom stereocenters. The van der Waals surface area contributed by atoms with Gasteiger partial charge in [-0.2, -0.15) is 0 Å². The zero-order chi connectivity index (χ0) is 15.2. The summed E-state index contributed by atoms with van der Waals surface area (Å²) in [4.78, 5) is 23.4. The second kappa shape index (κ2) is 7.22. The highest BCUT2D eigenvalue weighted by Crippen LogP contribution is 2.30. The Morgan fingerprint density at radius 3 is 2.48 bits per heavy atom. The lowest BCUT2D eigenvalue weighted by molar-refractivity contribution is -0.120. The van der Waals surface area contributed by atoms with Crippen molar-refractivity contribution in [3.63, 3.8) is 0 Å². The first-order valence-corrected chi connectivity index (χ1v) is 7.42. The molecule has 1 saturated carbocycles. The predicted octanol–water partition coefficient (Wildman–Crippen LogP) is 1.30. The molecule has 2 amide bonds. The van der Waals surface area contributed by atoms with Crippen LogP contribution in [0.3, 0.4) is 0 Å². The molecule has 3 N–H and O–H groups in total. The van der Waals surface area contributed by atoms with Crippen LogP contribution >= 0.6 is 0 Å². The largest absolute Gasteiger partial charge is 0.354 e. The highest BCUT2D eigenvalue weighted by atomic mass is 16.2. The molecule has 0 heterocycles. The molecule has 0 bridgehead atoms. The molecular formula is C16H23N3O2. The molecule has 0 radical (unpaired) electrons. The predicted molar refractivity (Wildman–Crippen MR) is 83.0 cm³/mol. The van der Waals surface area contributed by atoms with Crippen molar-refractivity contribution in [1.29, 1.82) is 0 Å². The third-order valence-electron chi connectivity index (χ3n) is 3.63. The summed E-state index contributed by atoms with van der Waals surface area (Å²) in [6, 6.07) is 7.71. The van der Waals surface area contributed by atoms with Gasteiger partial charge in [0, 0.05) is 24.2 Å². The van der Waals surface area contributed by atoms with E-state index in [1.54, 1.807) is 0 Å². The van der Waals surface area contributed by atoms with Crippen LogP contribution in [0.1, 0.15) is 25.3 Å². The van der Waals surface area contributed by atoms with Crippen LogP contribution in [0.4, 0.5) is 5.69 Å². The molecule has 1 aliphatic carbocycles. The summed E-state index contributed by atoms with van der Waals surface area (Å²) in [5.74, 6) is 0.304. The van der Waals surface area contributed by atoms with Gasteiger partial charge in [-0.1, -0.05) is 12.1 Å². The highest BCUT2D eigenvalue weighted by Gasteiger charge is 2.29. The van der Waals surface area contributed by atoms with E-state index in [0.717, 1.165) is 24.1 Å². The number of nitrogens with one attached hydrogen (secondary N) is 3. The van der Waals surface area contributed by atoms with E-state index < -0.39 is 0 Å². The van der Waals surface area contributed by atoms with Crippen LogP contribution in [0.2, 0.25) is 0 Å². The minimum Gasteiger partial charge on any atom is -0.354 e. The molecule has 114 valence electrons. The van der Waals surface area contributed by atoms with Gasteiger partial charge in [-0.15, -0.1) is 0 Å². The number of carbonyl (C=O) groups excluding carboxylic acids is 2.